The van der Waals surface area contributed by atoms with Crippen LogP contribution in [0.15, 0.2) is 0 Å². The van der Waals surface area contributed by atoms with Crippen LogP contribution in [0.3, 0.4) is 0 Å². The molecule has 0 fully saturated rings. The summed E-state index contributed by atoms with van der Waals surface area (Å²) in [6, 6.07) is 0. The summed E-state index contributed by atoms with van der Waals surface area (Å²) >= 11 is 0. The Morgan fingerprint density at radius 2 is 1.22 bits per heavy atom. The van der Waals surface area contributed by atoms with E-state index in [1.165, 1.54) is 64.2 Å². The van der Waals surface area contributed by atoms with Gasteiger partial charge in [-0.2, -0.15) is 0 Å². The fraction of sp³-hybridized carbons (Fsp3) is 0.889. The molecule has 0 aromatic heterocycles. The fourth-order valence-electron chi connectivity index (χ4n) is 2.41. The molecule has 0 unspecified atom stereocenters. The van der Waals surface area contributed by atoms with Crippen LogP contribution in [0.1, 0.15) is 99.7 Å². The molecule has 0 aromatic rings. The van der Waals surface area contributed by atoms with Gasteiger partial charge in [-0.3, -0.25) is 9.59 Å². The van der Waals surface area contributed by atoms with Gasteiger partial charge < -0.3 is 12.7 Å². The van der Waals surface area contributed by atoms with Crippen molar-refractivity contribution in [1.29, 1.82) is 0 Å². The molecule has 4 nitrogen and oxygen atoms in total. The van der Waals surface area contributed by atoms with Gasteiger partial charge in [-0.15, -0.1) is 0 Å². The van der Waals surface area contributed by atoms with Crippen LogP contribution in [0, 0.1) is 0 Å². The monoisotopic (exact) mass is 356 g/mol. The normalized spacial score (nSPS) is 10.1. The van der Waals surface area contributed by atoms with Crippen molar-refractivity contribution < 1.29 is 22.3 Å². The van der Waals surface area contributed by atoms with E-state index in [1.807, 2.05) is 0 Å². The third-order valence-electron chi connectivity index (χ3n) is 3.80. The Kier molecular flexibility index (Phi) is 22.4. The molecule has 1 N–H and O–H groups in total. The maximum absolute atomic E-state index is 11.2. The van der Waals surface area contributed by atoms with Crippen molar-refractivity contribution in [1.82, 2.24) is 0 Å². The average molecular weight is 357 g/mol. The minimum absolute atomic E-state index is 0. The summed E-state index contributed by atoms with van der Waals surface area (Å²) < 4.78 is 4.98. The number of carbonyl (C=O) groups excluding carboxylic acids is 1. The predicted octanol–water partition coefficient (Wildman–Crippen LogP) is 4.94. The molecule has 23 heavy (non-hydrogen) atoms. The molecule has 134 valence electrons. The molecule has 0 aliphatic carbocycles. The summed E-state index contributed by atoms with van der Waals surface area (Å²) in [4.78, 5) is 21.4. The SMILES string of the molecule is CCCCCCCCCCCCCCOC(=O)CCC(=O)O.[Ca+2].[H-].[H-]. The first-order valence-electron chi connectivity index (χ1n) is 9.04. The zero-order valence-corrected chi connectivity index (χ0v) is 17.2. The second-order valence-corrected chi connectivity index (χ2v) is 6.00. The molecule has 0 spiro atoms. The van der Waals surface area contributed by atoms with Crippen molar-refractivity contribution in [2.45, 2.75) is 96.8 Å². The van der Waals surface area contributed by atoms with Crippen molar-refractivity contribution in [2.75, 3.05) is 6.61 Å². The molecule has 0 aliphatic rings. The first kappa shape index (κ1) is 25.4. The van der Waals surface area contributed by atoms with Gasteiger partial charge in [0.2, 0.25) is 0 Å². The topological polar surface area (TPSA) is 63.6 Å². The molecule has 0 aliphatic heterocycles. The zero-order valence-electron chi connectivity index (χ0n) is 17.0. The van der Waals surface area contributed by atoms with Gasteiger partial charge in [-0.05, 0) is 6.42 Å². The van der Waals surface area contributed by atoms with Gasteiger partial charge in [0, 0.05) is 0 Å². The molecular weight excluding hydrogens is 320 g/mol. The van der Waals surface area contributed by atoms with Crippen molar-refractivity contribution >= 4 is 49.7 Å². The van der Waals surface area contributed by atoms with Crippen LogP contribution in [0.4, 0.5) is 0 Å². The van der Waals surface area contributed by atoms with Crippen LogP contribution in [-0.4, -0.2) is 61.4 Å². The number of esters is 1. The Morgan fingerprint density at radius 1 is 0.783 bits per heavy atom. The van der Waals surface area contributed by atoms with E-state index in [0.717, 1.165) is 12.8 Å². The molecule has 0 bridgehead atoms. The number of aliphatic carboxylic acids is 1. The molecule has 5 heteroatoms. The van der Waals surface area contributed by atoms with Crippen LogP contribution < -0.4 is 0 Å². The van der Waals surface area contributed by atoms with E-state index in [1.54, 1.807) is 0 Å². The van der Waals surface area contributed by atoms with E-state index < -0.39 is 11.9 Å². The molecule has 0 rings (SSSR count). The summed E-state index contributed by atoms with van der Waals surface area (Å²) in [5.41, 5.74) is 0. The Bertz CT molecular complexity index is 292. The Hall–Kier alpha value is 0.200. The largest absolute Gasteiger partial charge is 2.00 e. The standard InChI is InChI=1S/C18H34O4.Ca.2H/c1-2-3-4-5-6-7-8-9-10-11-12-13-16-22-18(21)15-14-17(19)20;;;/h2-16H2,1H3,(H,19,20);;;/q;+2;2*-1. The summed E-state index contributed by atoms with van der Waals surface area (Å²) in [5.74, 6) is -1.35. The van der Waals surface area contributed by atoms with Crippen LogP contribution in [-0.2, 0) is 14.3 Å². The minimum atomic E-state index is -0.956. The molecule has 0 heterocycles. The van der Waals surface area contributed by atoms with Crippen LogP contribution in [0.5, 0.6) is 0 Å². The minimum Gasteiger partial charge on any atom is -1.00 e. The molecule has 0 radical (unpaired) electrons. The quantitative estimate of drug-likeness (QED) is 0.242. The van der Waals surface area contributed by atoms with E-state index in [0.29, 0.717) is 6.61 Å². The number of unbranched alkanes of at least 4 members (excludes halogenated alkanes) is 11. The van der Waals surface area contributed by atoms with Crippen molar-refractivity contribution in [2.24, 2.45) is 0 Å². The number of carboxylic acids is 1. The first-order chi connectivity index (χ1) is 10.7. The van der Waals surface area contributed by atoms with Crippen LogP contribution >= 0.6 is 0 Å². The van der Waals surface area contributed by atoms with E-state index in [9.17, 15) is 9.59 Å². The van der Waals surface area contributed by atoms with E-state index in [-0.39, 0.29) is 53.4 Å². The third kappa shape index (κ3) is 22.2. The molecule has 0 saturated heterocycles. The summed E-state index contributed by atoms with van der Waals surface area (Å²) in [5, 5.41) is 8.44. The Labute approximate surface area is 174 Å². The first-order valence-corrected chi connectivity index (χ1v) is 9.04. The van der Waals surface area contributed by atoms with Crippen LogP contribution in [0.25, 0.3) is 0 Å². The number of carbonyl (C=O) groups is 2. The van der Waals surface area contributed by atoms with Crippen LogP contribution in [0.2, 0.25) is 0 Å². The molecule has 0 saturated carbocycles. The van der Waals surface area contributed by atoms with Gasteiger partial charge >= 0.3 is 49.7 Å². The molecule has 0 atom stereocenters. The third-order valence-corrected chi connectivity index (χ3v) is 3.80. The summed E-state index contributed by atoms with van der Waals surface area (Å²) in [7, 11) is 0. The fourth-order valence-corrected chi connectivity index (χ4v) is 2.41. The maximum atomic E-state index is 11.2. The van der Waals surface area contributed by atoms with E-state index >= 15 is 0 Å². The number of rotatable bonds is 16. The zero-order chi connectivity index (χ0) is 16.5. The average Bonchev–Trinajstić information content (AvgIpc) is 2.49. The van der Waals surface area contributed by atoms with Crippen molar-refractivity contribution in [3.05, 3.63) is 0 Å². The number of ether oxygens (including phenoxy) is 1. The molecule has 0 aromatic carbocycles. The van der Waals surface area contributed by atoms with Gasteiger partial charge in [0.25, 0.3) is 0 Å². The summed E-state index contributed by atoms with van der Waals surface area (Å²) in [6.07, 6.45) is 15.1. The number of carboxylic acid groups (broad SMARTS) is 1. The Morgan fingerprint density at radius 3 is 1.65 bits per heavy atom. The van der Waals surface area contributed by atoms with Crippen molar-refractivity contribution in [3.63, 3.8) is 0 Å². The van der Waals surface area contributed by atoms with Gasteiger partial charge in [-0.25, -0.2) is 0 Å². The second-order valence-electron chi connectivity index (χ2n) is 6.00. The predicted molar refractivity (Wildman–Crippen MR) is 96.9 cm³/mol. The molecular formula is C18H36CaO4. The summed E-state index contributed by atoms with van der Waals surface area (Å²) in [6.45, 7) is 2.67. The maximum Gasteiger partial charge on any atom is 2.00 e. The van der Waals surface area contributed by atoms with E-state index in [2.05, 4.69) is 6.92 Å². The number of hydrogen-bond acceptors (Lipinski definition) is 3. The second kappa shape index (κ2) is 20.2. The van der Waals surface area contributed by atoms with Crippen molar-refractivity contribution in [3.8, 4) is 0 Å². The van der Waals surface area contributed by atoms with Gasteiger partial charge in [-0.1, -0.05) is 77.6 Å². The molecule has 0 amide bonds. The van der Waals surface area contributed by atoms with Gasteiger partial charge in [0.1, 0.15) is 0 Å². The van der Waals surface area contributed by atoms with Gasteiger partial charge in [0.05, 0.1) is 19.4 Å². The van der Waals surface area contributed by atoms with E-state index in [4.69, 9.17) is 9.84 Å². The smallest absolute Gasteiger partial charge is 1.00 e. The Balaban J connectivity index is -0.000000735. The van der Waals surface area contributed by atoms with Gasteiger partial charge in [0.15, 0.2) is 0 Å². The number of hydrogen-bond donors (Lipinski definition) is 1.